The van der Waals surface area contributed by atoms with E-state index >= 15 is 0 Å². The highest BCUT2D eigenvalue weighted by Gasteiger charge is 2.20. The molecule has 0 fully saturated rings. The first-order valence-corrected chi connectivity index (χ1v) is 6.08. The molecule has 1 aromatic rings. The lowest BCUT2D eigenvalue weighted by Crippen LogP contribution is -2.39. The summed E-state index contributed by atoms with van der Waals surface area (Å²) in [6, 6.07) is 8.61. The van der Waals surface area contributed by atoms with Crippen molar-refractivity contribution in [2.75, 3.05) is 13.6 Å². The first kappa shape index (κ1) is 15.5. The summed E-state index contributed by atoms with van der Waals surface area (Å²) < 4.78 is 5.46. The summed E-state index contributed by atoms with van der Waals surface area (Å²) in [5, 5.41) is 17.5. The van der Waals surface area contributed by atoms with E-state index in [0.717, 1.165) is 0 Å². The van der Waals surface area contributed by atoms with Gasteiger partial charge in [0.25, 0.3) is 5.91 Å². The zero-order valence-corrected chi connectivity index (χ0v) is 11.4. The molecule has 1 atom stereocenters. The summed E-state index contributed by atoms with van der Waals surface area (Å²) >= 11 is 0. The summed E-state index contributed by atoms with van der Waals surface area (Å²) in [5.74, 6) is -0.963. The Bertz CT molecular complexity index is 536. The van der Waals surface area contributed by atoms with Crippen LogP contribution in [0.3, 0.4) is 0 Å². The van der Waals surface area contributed by atoms with Crippen LogP contribution in [0.4, 0.5) is 0 Å². The van der Waals surface area contributed by atoms with Gasteiger partial charge in [-0.25, -0.2) is 0 Å². The fourth-order valence-corrected chi connectivity index (χ4v) is 1.59. The number of rotatable bonds is 6. The van der Waals surface area contributed by atoms with E-state index in [1.165, 1.54) is 11.9 Å². The first-order valence-electron chi connectivity index (χ1n) is 6.08. The number of hydrogen-bond acceptors (Lipinski definition) is 4. The van der Waals surface area contributed by atoms with E-state index in [9.17, 15) is 9.59 Å². The third-order valence-electron chi connectivity index (χ3n) is 2.70. The van der Waals surface area contributed by atoms with E-state index in [1.54, 1.807) is 31.2 Å². The molecule has 20 heavy (non-hydrogen) atoms. The number of benzene rings is 1. The summed E-state index contributed by atoms with van der Waals surface area (Å²) in [6.45, 7) is 1.68. The van der Waals surface area contributed by atoms with Crippen molar-refractivity contribution in [2.24, 2.45) is 0 Å². The Kier molecular flexibility index (Phi) is 5.54. The van der Waals surface area contributed by atoms with Crippen LogP contribution in [0.1, 0.15) is 18.9 Å². The third kappa shape index (κ3) is 4.28. The van der Waals surface area contributed by atoms with Crippen LogP contribution >= 0.6 is 0 Å². The topological polar surface area (TPSA) is 90.6 Å². The Morgan fingerprint density at radius 1 is 1.45 bits per heavy atom. The molecule has 0 radical (unpaired) electrons. The van der Waals surface area contributed by atoms with Crippen LogP contribution < -0.4 is 4.74 Å². The van der Waals surface area contributed by atoms with Crippen molar-refractivity contribution in [1.82, 2.24) is 4.90 Å². The van der Waals surface area contributed by atoms with Crippen LogP contribution in [0, 0.1) is 11.3 Å². The molecule has 1 unspecified atom stereocenters. The Morgan fingerprint density at radius 2 is 2.10 bits per heavy atom. The second kappa shape index (κ2) is 7.14. The number of aliphatic carboxylic acids is 1. The van der Waals surface area contributed by atoms with Crippen LogP contribution in [-0.4, -0.2) is 41.6 Å². The molecular formula is C14H16N2O4. The SMILES string of the molecule is CC(Oc1ccccc1C#N)C(=O)N(C)CCC(=O)O. The van der Waals surface area contributed by atoms with Gasteiger partial charge in [-0.2, -0.15) is 5.26 Å². The lowest BCUT2D eigenvalue weighted by Gasteiger charge is -2.21. The summed E-state index contributed by atoms with van der Waals surface area (Å²) in [5.41, 5.74) is 0.348. The molecule has 6 nitrogen and oxygen atoms in total. The second-order valence-corrected chi connectivity index (χ2v) is 4.27. The van der Waals surface area contributed by atoms with Gasteiger partial charge in [0.1, 0.15) is 11.8 Å². The highest BCUT2D eigenvalue weighted by Crippen LogP contribution is 2.18. The van der Waals surface area contributed by atoms with Crippen LogP contribution in [0.5, 0.6) is 5.75 Å². The number of carbonyl (C=O) groups excluding carboxylic acids is 1. The molecule has 1 amide bonds. The van der Waals surface area contributed by atoms with Gasteiger partial charge in [-0.05, 0) is 19.1 Å². The summed E-state index contributed by atoms with van der Waals surface area (Å²) in [4.78, 5) is 23.7. The molecule has 0 aromatic heterocycles. The predicted molar refractivity (Wildman–Crippen MR) is 71.1 cm³/mol. The number of carboxylic acids is 1. The van der Waals surface area contributed by atoms with Crippen LogP contribution in [-0.2, 0) is 9.59 Å². The van der Waals surface area contributed by atoms with Gasteiger partial charge in [0.15, 0.2) is 6.10 Å². The van der Waals surface area contributed by atoms with E-state index in [1.807, 2.05) is 6.07 Å². The normalized spacial score (nSPS) is 11.2. The van der Waals surface area contributed by atoms with Crippen LogP contribution in [0.25, 0.3) is 0 Å². The number of para-hydroxylation sites is 1. The highest BCUT2D eigenvalue weighted by molar-refractivity contribution is 5.81. The van der Waals surface area contributed by atoms with Gasteiger partial charge < -0.3 is 14.7 Å². The zero-order valence-electron chi connectivity index (χ0n) is 11.4. The minimum Gasteiger partial charge on any atom is -0.481 e. The number of carbonyl (C=O) groups is 2. The predicted octanol–water partition coefficient (Wildman–Crippen LogP) is 1.26. The molecule has 1 N–H and O–H groups in total. The molecule has 0 aliphatic carbocycles. The van der Waals surface area contributed by atoms with E-state index in [-0.39, 0.29) is 18.9 Å². The monoisotopic (exact) mass is 276 g/mol. The Labute approximate surface area is 117 Å². The van der Waals surface area contributed by atoms with Crippen molar-refractivity contribution in [3.8, 4) is 11.8 Å². The van der Waals surface area contributed by atoms with Crippen LogP contribution in [0.15, 0.2) is 24.3 Å². The number of amides is 1. The largest absolute Gasteiger partial charge is 0.481 e. The number of nitrogens with zero attached hydrogens (tertiary/aromatic N) is 2. The Balaban J connectivity index is 2.66. The number of hydrogen-bond donors (Lipinski definition) is 1. The van der Waals surface area contributed by atoms with Gasteiger partial charge in [0.05, 0.1) is 12.0 Å². The van der Waals surface area contributed by atoms with E-state index < -0.39 is 12.1 Å². The molecule has 1 aromatic carbocycles. The number of nitriles is 1. The average molecular weight is 276 g/mol. The summed E-state index contributed by atoms with van der Waals surface area (Å²) in [7, 11) is 1.52. The van der Waals surface area contributed by atoms with Gasteiger partial charge in [0, 0.05) is 13.6 Å². The molecule has 0 heterocycles. The molecule has 6 heteroatoms. The molecule has 106 valence electrons. The number of likely N-dealkylation sites (N-methyl/N-ethyl adjacent to an activating group) is 1. The zero-order chi connectivity index (χ0) is 15.1. The smallest absolute Gasteiger partial charge is 0.305 e. The van der Waals surface area contributed by atoms with Gasteiger partial charge in [-0.3, -0.25) is 9.59 Å². The molecule has 0 bridgehead atoms. The third-order valence-corrected chi connectivity index (χ3v) is 2.70. The van der Waals surface area contributed by atoms with Gasteiger partial charge >= 0.3 is 5.97 Å². The van der Waals surface area contributed by atoms with Crippen molar-refractivity contribution < 1.29 is 19.4 Å². The molecule has 0 aliphatic heterocycles. The number of carboxylic acid groups (broad SMARTS) is 1. The maximum Gasteiger partial charge on any atom is 0.305 e. The molecule has 0 saturated carbocycles. The highest BCUT2D eigenvalue weighted by atomic mass is 16.5. The Hall–Kier alpha value is -2.55. The molecule has 0 spiro atoms. The van der Waals surface area contributed by atoms with Crippen molar-refractivity contribution in [3.63, 3.8) is 0 Å². The maximum atomic E-state index is 12.0. The molecule has 1 rings (SSSR count). The average Bonchev–Trinajstić information content (AvgIpc) is 2.44. The van der Waals surface area contributed by atoms with E-state index in [0.29, 0.717) is 11.3 Å². The standard InChI is InChI=1S/C14H16N2O4/c1-10(14(19)16(2)8-7-13(17)18)20-12-6-4-3-5-11(12)9-15/h3-6,10H,7-8H2,1-2H3,(H,17,18). The maximum absolute atomic E-state index is 12.0. The van der Waals surface area contributed by atoms with Crippen molar-refractivity contribution in [1.29, 1.82) is 5.26 Å². The Morgan fingerprint density at radius 3 is 2.70 bits per heavy atom. The van der Waals surface area contributed by atoms with Crippen molar-refractivity contribution in [2.45, 2.75) is 19.4 Å². The fraction of sp³-hybridized carbons (Fsp3) is 0.357. The minimum atomic E-state index is -0.965. The van der Waals surface area contributed by atoms with Gasteiger partial charge in [-0.1, -0.05) is 12.1 Å². The quantitative estimate of drug-likeness (QED) is 0.844. The fourth-order valence-electron chi connectivity index (χ4n) is 1.59. The van der Waals surface area contributed by atoms with Gasteiger partial charge in [-0.15, -0.1) is 0 Å². The van der Waals surface area contributed by atoms with Crippen molar-refractivity contribution >= 4 is 11.9 Å². The minimum absolute atomic E-state index is 0.113. The lowest BCUT2D eigenvalue weighted by molar-refractivity contribution is -0.140. The van der Waals surface area contributed by atoms with E-state index in [2.05, 4.69) is 0 Å². The van der Waals surface area contributed by atoms with E-state index in [4.69, 9.17) is 15.1 Å². The van der Waals surface area contributed by atoms with Crippen LogP contribution in [0.2, 0.25) is 0 Å². The molecular weight excluding hydrogens is 260 g/mol. The molecule has 0 aliphatic rings. The van der Waals surface area contributed by atoms with Gasteiger partial charge in [0.2, 0.25) is 0 Å². The second-order valence-electron chi connectivity index (χ2n) is 4.27. The van der Waals surface area contributed by atoms with Crippen molar-refractivity contribution in [3.05, 3.63) is 29.8 Å². The summed E-state index contributed by atoms with van der Waals surface area (Å²) in [6.07, 6.45) is -0.910. The molecule has 0 saturated heterocycles. The lowest BCUT2D eigenvalue weighted by atomic mass is 10.2. The number of ether oxygens (including phenoxy) is 1. The first-order chi connectivity index (χ1) is 9.45.